The van der Waals surface area contributed by atoms with E-state index in [1.807, 2.05) is 24.0 Å². The number of para-hydroxylation sites is 2. The van der Waals surface area contributed by atoms with Gasteiger partial charge in [0, 0.05) is 32.7 Å². The van der Waals surface area contributed by atoms with E-state index < -0.39 is 0 Å². The fourth-order valence-corrected chi connectivity index (χ4v) is 2.58. The number of nitrogens with zero attached hydrogens (tertiary/aromatic N) is 2. The third-order valence-electron chi connectivity index (χ3n) is 4.09. The van der Waals surface area contributed by atoms with Crippen LogP contribution in [0.4, 0.5) is 0 Å². The molecule has 0 unspecified atom stereocenters. The number of ether oxygens (including phenoxy) is 2. The molecular formula is C17H26N2O4. The van der Waals surface area contributed by atoms with Gasteiger partial charge in [-0.25, -0.2) is 0 Å². The van der Waals surface area contributed by atoms with Crippen LogP contribution in [0.5, 0.6) is 11.5 Å². The van der Waals surface area contributed by atoms with E-state index in [0.717, 1.165) is 19.5 Å². The predicted octanol–water partition coefficient (Wildman–Crippen LogP) is 0.989. The van der Waals surface area contributed by atoms with Gasteiger partial charge in [0.25, 0.3) is 5.91 Å². The van der Waals surface area contributed by atoms with Crippen LogP contribution in [0.1, 0.15) is 13.3 Å². The van der Waals surface area contributed by atoms with Crippen molar-refractivity contribution in [3.05, 3.63) is 24.3 Å². The molecule has 23 heavy (non-hydrogen) atoms. The van der Waals surface area contributed by atoms with Gasteiger partial charge in [-0.1, -0.05) is 19.1 Å². The highest BCUT2D eigenvalue weighted by Gasteiger charge is 2.22. The molecule has 0 spiro atoms. The Labute approximate surface area is 137 Å². The van der Waals surface area contributed by atoms with E-state index in [1.165, 1.54) is 0 Å². The van der Waals surface area contributed by atoms with Gasteiger partial charge in [-0.2, -0.15) is 0 Å². The van der Waals surface area contributed by atoms with Crippen molar-refractivity contribution in [3.63, 3.8) is 0 Å². The second-order valence-corrected chi connectivity index (χ2v) is 5.68. The highest BCUT2D eigenvalue weighted by molar-refractivity contribution is 5.78. The Balaban J connectivity index is 1.77. The van der Waals surface area contributed by atoms with Crippen molar-refractivity contribution in [2.45, 2.75) is 19.4 Å². The molecule has 1 aliphatic heterocycles. The number of amides is 1. The maximum Gasteiger partial charge on any atom is 0.260 e. The van der Waals surface area contributed by atoms with E-state index in [2.05, 4.69) is 4.90 Å². The van der Waals surface area contributed by atoms with Crippen molar-refractivity contribution >= 4 is 5.91 Å². The standard InChI is InChI=1S/C17H26N2O4/c1-3-14(20)12-18-8-10-19(11-9-18)17(21)13-23-16-7-5-4-6-15(16)22-2/h4-7,14,20H,3,8-13H2,1-2H3/t14-/m0/s1. The first kappa shape index (κ1) is 17.6. The van der Waals surface area contributed by atoms with Gasteiger partial charge in [0.15, 0.2) is 18.1 Å². The van der Waals surface area contributed by atoms with Crippen LogP contribution in [0.25, 0.3) is 0 Å². The summed E-state index contributed by atoms with van der Waals surface area (Å²) in [5.41, 5.74) is 0. The van der Waals surface area contributed by atoms with Crippen LogP contribution in [0, 0.1) is 0 Å². The van der Waals surface area contributed by atoms with Gasteiger partial charge in [-0.3, -0.25) is 9.69 Å². The lowest BCUT2D eigenvalue weighted by Gasteiger charge is -2.35. The Kier molecular flexibility index (Phi) is 6.67. The minimum atomic E-state index is -0.286. The molecule has 1 atom stereocenters. The van der Waals surface area contributed by atoms with Gasteiger partial charge >= 0.3 is 0 Å². The minimum absolute atomic E-state index is 0.0119. The summed E-state index contributed by atoms with van der Waals surface area (Å²) in [5.74, 6) is 1.18. The van der Waals surface area contributed by atoms with Crippen LogP contribution in [-0.4, -0.2) is 73.4 Å². The SMILES string of the molecule is CC[C@H](O)CN1CCN(C(=O)COc2ccccc2OC)CC1. The highest BCUT2D eigenvalue weighted by atomic mass is 16.5. The van der Waals surface area contributed by atoms with Crippen LogP contribution in [0.15, 0.2) is 24.3 Å². The number of hydrogen-bond acceptors (Lipinski definition) is 5. The maximum atomic E-state index is 12.2. The van der Waals surface area contributed by atoms with Crippen LogP contribution in [0.3, 0.4) is 0 Å². The van der Waals surface area contributed by atoms with E-state index in [9.17, 15) is 9.90 Å². The zero-order valence-corrected chi connectivity index (χ0v) is 13.9. The zero-order valence-electron chi connectivity index (χ0n) is 13.9. The zero-order chi connectivity index (χ0) is 16.7. The van der Waals surface area contributed by atoms with E-state index in [-0.39, 0.29) is 18.6 Å². The van der Waals surface area contributed by atoms with Crippen molar-refractivity contribution < 1.29 is 19.4 Å². The smallest absolute Gasteiger partial charge is 0.260 e. The van der Waals surface area contributed by atoms with Crippen molar-refractivity contribution in [2.24, 2.45) is 0 Å². The molecule has 0 aliphatic carbocycles. The maximum absolute atomic E-state index is 12.2. The lowest BCUT2D eigenvalue weighted by molar-refractivity contribution is -0.135. The van der Waals surface area contributed by atoms with Gasteiger partial charge in [0.1, 0.15) is 0 Å². The summed E-state index contributed by atoms with van der Waals surface area (Å²) in [6, 6.07) is 7.30. The Morgan fingerprint density at radius 2 is 1.87 bits per heavy atom. The van der Waals surface area contributed by atoms with E-state index >= 15 is 0 Å². The highest BCUT2D eigenvalue weighted by Crippen LogP contribution is 2.25. The first-order chi connectivity index (χ1) is 11.1. The topological polar surface area (TPSA) is 62.2 Å². The Bertz CT molecular complexity index is 501. The quantitative estimate of drug-likeness (QED) is 0.811. The molecule has 1 N–H and O–H groups in total. The third kappa shape index (κ3) is 5.11. The number of carbonyl (C=O) groups excluding carboxylic acids is 1. The molecule has 1 saturated heterocycles. The van der Waals surface area contributed by atoms with Crippen molar-refractivity contribution in [1.82, 2.24) is 9.80 Å². The number of carbonyl (C=O) groups is 1. The molecule has 6 nitrogen and oxygen atoms in total. The second-order valence-electron chi connectivity index (χ2n) is 5.68. The predicted molar refractivity (Wildman–Crippen MR) is 87.8 cm³/mol. The second kappa shape index (κ2) is 8.74. The molecule has 0 bridgehead atoms. The van der Waals surface area contributed by atoms with Gasteiger partial charge in [-0.15, -0.1) is 0 Å². The van der Waals surface area contributed by atoms with Gasteiger partial charge in [0.2, 0.25) is 0 Å². The van der Waals surface area contributed by atoms with Crippen molar-refractivity contribution in [1.29, 1.82) is 0 Å². The third-order valence-corrected chi connectivity index (χ3v) is 4.09. The summed E-state index contributed by atoms with van der Waals surface area (Å²) in [4.78, 5) is 16.3. The summed E-state index contributed by atoms with van der Waals surface area (Å²) in [6.07, 6.45) is 0.470. The van der Waals surface area contributed by atoms with E-state index in [0.29, 0.717) is 31.1 Å². The number of piperazine rings is 1. The van der Waals surface area contributed by atoms with Gasteiger partial charge in [0.05, 0.1) is 13.2 Å². The summed E-state index contributed by atoms with van der Waals surface area (Å²) >= 11 is 0. The fourth-order valence-electron chi connectivity index (χ4n) is 2.58. The number of hydrogen-bond donors (Lipinski definition) is 1. The fraction of sp³-hybridized carbons (Fsp3) is 0.588. The summed E-state index contributed by atoms with van der Waals surface area (Å²) in [6.45, 7) is 5.58. The minimum Gasteiger partial charge on any atom is -0.493 e. The van der Waals surface area contributed by atoms with Crippen LogP contribution >= 0.6 is 0 Å². The van der Waals surface area contributed by atoms with Crippen LogP contribution in [0.2, 0.25) is 0 Å². The Hall–Kier alpha value is -1.79. The molecule has 1 aliphatic rings. The molecule has 1 fully saturated rings. The first-order valence-electron chi connectivity index (χ1n) is 8.08. The number of β-amino-alcohol motifs (C(OH)–C–C–N with tert-alkyl or cyclic N) is 1. The number of benzene rings is 1. The van der Waals surface area contributed by atoms with E-state index in [1.54, 1.807) is 19.2 Å². The number of methoxy groups -OCH3 is 1. The Morgan fingerprint density at radius 3 is 2.48 bits per heavy atom. The molecule has 1 aromatic carbocycles. The molecule has 1 heterocycles. The van der Waals surface area contributed by atoms with Gasteiger partial charge in [-0.05, 0) is 18.6 Å². The molecule has 128 valence electrons. The summed E-state index contributed by atoms with van der Waals surface area (Å²) < 4.78 is 10.8. The molecular weight excluding hydrogens is 296 g/mol. The first-order valence-corrected chi connectivity index (χ1v) is 8.08. The van der Waals surface area contributed by atoms with Crippen molar-refractivity contribution in [3.8, 4) is 11.5 Å². The molecule has 1 amide bonds. The van der Waals surface area contributed by atoms with E-state index in [4.69, 9.17) is 9.47 Å². The largest absolute Gasteiger partial charge is 0.493 e. The average molecular weight is 322 g/mol. The average Bonchev–Trinajstić information content (AvgIpc) is 2.60. The lowest BCUT2D eigenvalue weighted by Crippen LogP contribution is -2.51. The summed E-state index contributed by atoms with van der Waals surface area (Å²) in [7, 11) is 1.58. The molecule has 1 aromatic rings. The molecule has 6 heteroatoms. The van der Waals surface area contributed by atoms with Crippen LogP contribution in [-0.2, 0) is 4.79 Å². The molecule has 0 radical (unpaired) electrons. The monoisotopic (exact) mass is 322 g/mol. The number of rotatable bonds is 7. The van der Waals surface area contributed by atoms with Gasteiger partial charge < -0.3 is 19.5 Å². The van der Waals surface area contributed by atoms with Crippen LogP contribution < -0.4 is 9.47 Å². The lowest BCUT2D eigenvalue weighted by atomic mass is 10.2. The molecule has 0 saturated carbocycles. The van der Waals surface area contributed by atoms with Crippen molar-refractivity contribution in [2.75, 3.05) is 46.4 Å². The normalized spacial score (nSPS) is 16.9. The molecule has 0 aromatic heterocycles. The number of aliphatic hydroxyl groups excluding tert-OH is 1. The summed E-state index contributed by atoms with van der Waals surface area (Å²) in [5, 5.41) is 9.69. The number of aliphatic hydroxyl groups is 1. The molecule has 2 rings (SSSR count). The Morgan fingerprint density at radius 1 is 1.22 bits per heavy atom.